The number of aromatic nitrogens is 2. The van der Waals surface area contributed by atoms with Crippen LogP contribution in [-0.2, 0) is 0 Å². The average molecular weight is 274 g/mol. The first kappa shape index (κ1) is 13.6. The number of nitrogens with one attached hydrogen (secondary N) is 1. The number of hydrogen-bond acceptors (Lipinski definition) is 4. The van der Waals surface area contributed by atoms with Crippen LogP contribution in [0.25, 0.3) is 0 Å². The van der Waals surface area contributed by atoms with E-state index < -0.39 is 18.6 Å². The Balaban J connectivity index is 1.95. The van der Waals surface area contributed by atoms with E-state index >= 15 is 0 Å². The van der Waals surface area contributed by atoms with E-state index in [0.29, 0.717) is 5.82 Å². The van der Waals surface area contributed by atoms with Crippen LogP contribution in [0.2, 0.25) is 0 Å². The number of nitrogens with zero attached hydrogens (tertiary/aromatic N) is 3. The average Bonchev–Trinajstić information content (AvgIpc) is 2.89. The molecule has 1 aromatic heterocycles. The van der Waals surface area contributed by atoms with Crippen molar-refractivity contribution >= 4 is 11.7 Å². The molecule has 0 atom stereocenters. The summed E-state index contributed by atoms with van der Waals surface area (Å²) in [7, 11) is 0. The molecule has 0 aromatic carbocycles. The molecule has 1 saturated heterocycles. The van der Waals surface area contributed by atoms with E-state index in [1.165, 1.54) is 6.07 Å². The normalized spacial score (nSPS) is 15.6. The Hall–Kier alpha value is -1.86. The SMILES string of the molecule is O=C(NCC(F)(F)F)c1ccc(N2CCCC2)nn1. The summed E-state index contributed by atoms with van der Waals surface area (Å²) in [6.07, 6.45) is -2.27. The molecule has 0 aliphatic carbocycles. The molecule has 5 nitrogen and oxygen atoms in total. The Kier molecular flexibility index (Phi) is 3.87. The van der Waals surface area contributed by atoms with Crippen LogP contribution in [-0.4, -0.2) is 41.9 Å². The van der Waals surface area contributed by atoms with Gasteiger partial charge in [-0.05, 0) is 25.0 Å². The minimum atomic E-state index is -4.43. The van der Waals surface area contributed by atoms with Crippen LogP contribution >= 0.6 is 0 Å². The molecular weight excluding hydrogens is 261 g/mol. The van der Waals surface area contributed by atoms with Crippen LogP contribution in [0, 0.1) is 0 Å². The van der Waals surface area contributed by atoms with Gasteiger partial charge in [0.05, 0.1) is 0 Å². The molecule has 1 aliphatic rings. The Morgan fingerprint density at radius 1 is 1.26 bits per heavy atom. The zero-order valence-corrected chi connectivity index (χ0v) is 10.1. The number of carbonyl (C=O) groups is 1. The van der Waals surface area contributed by atoms with Gasteiger partial charge in [0, 0.05) is 13.1 Å². The van der Waals surface area contributed by atoms with Gasteiger partial charge >= 0.3 is 6.18 Å². The number of halogens is 3. The van der Waals surface area contributed by atoms with Crippen LogP contribution in [0.15, 0.2) is 12.1 Å². The fourth-order valence-corrected chi connectivity index (χ4v) is 1.83. The number of hydrogen-bond donors (Lipinski definition) is 1. The van der Waals surface area contributed by atoms with Gasteiger partial charge in [-0.3, -0.25) is 4.79 Å². The summed E-state index contributed by atoms with van der Waals surface area (Å²) in [5.41, 5.74) is -0.118. The summed E-state index contributed by atoms with van der Waals surface area (Å²) in [5, 5.41) is 9.26. The minimum Gasteiger partial charge on any atom is -0.355 e. The molecule has 104 valence electrons. The lowest BCUT2D eigenvalue weighted by Gasteiger charge is -2.15. The van der Waals surface area contributed by atoms with E-state index in [9.17, 15) is 18.0 Å². The van der Waals surface area contributed by atoms with Gasteiger partial charge in [0.1, 0.15) is 6.54 Å². The highest BCUT2D eigenvalue weighted by Gasteiger charge is 2.28. The maximum atomic E-state index is 11.9. The first-order valence-corrected chi connectivity index (χ1v) is 5.89. The molecule has 1 N–H and O–H groups in total. The van der Waals surface area contributed by atoms with Crippen LogP contribution < -0.4 is 10.2 Å². The Labute approximate surface area is 107 Å². The van der Waals surface area contributed by atoms with Gasteiger partial charge in [0.15, 0.2) is 11.5 Å². The van der Waals surface area contributed by atoms with Crippen molar-refractivity contribution in [2.45, 2.75) is 19.0 Å². The second kappa shape index (κ2) is 5.41. The molecule has 1 fully saturated rings. The largest absolute Gasteiger partial charge is 0.405 e. The fourth-order valence-electron chi connectivity index (χ4n) is 1.83. The van der Waals surface area contributed by atoms with Gasteiger partial charge in [-0.15, -0.1) is 10.2 Å². The van der Waals surface area contributed by atoms with Crippen molar-refractivity contribution < 1.29 is 18.0 Å². The second-order valence-corrected chi connectivity index (χ2v) is 4.27. The van der Waals surface area contributed by atoms with E-state index in [4.69, 9.17) is 0 Å². The lowest BCUT2D eigenvalue weighted by molar-refractivity contribution is -0.123. The maximum absolute atomic E-state index is 11.9. The van der Waals surface area contributed by atoms with Gasteiger partial charge in [-0.25, -0.2) is 0 Å². The van der Waals surface area contributed by atoms with Crippen molar-refractivity contribution in [1.82, 2.24) is 15.5 Å². The van der Waals surface area contributed by atoms with Crippen LogP contribution in [0.5, 0.6) is 0 Å². The molecule has 2 heterocycles. The number of alkyl halides is 3. The monoisotopic (exact) mass is 274 g/mol. The number of anilines is 1. The van der Waals surface area contributed by atoms with Crippen molar-refractivity contribution in [3.8, 4) is 0 Å². The predicted octanol–water partition coefficient (Wildman–Crippen LogP) is 1.37. The zero-order chi connectivity index (χ0) is 13.9. The highest BCUT2D eigenvalue weighted by Crippen LogP contribution is 2.16. The lowest BCUT2D eigenvalue weighted by atomic mass is 10.3. The van der Waals surface area contributed by atoms with Crippen LogP contribution in [0.3, 0.4) is 0 Å². The molecule has 1 aromatic rings. The standard InChI is InChI=1S/C11H13F3N4O/c12-11(13,14)7-15-10(19)8-3-4-9(17-16-8)18-5-1-2-6-18/h3-4H,1-2,5-7H2,(H,15,19). The van der Waals surface area contributed by atoms with Gasteiger partial charge in [-0.1, -0.05) is 0 Å². The molecule has 8 heteroatoms. The molecule has 0 bridgehead atoms. The molecule has 0 saturated carbocycles. The Morgan fingerprint density at radius 3 is 2.47 bits per heavy atom. The van der Waals surface area contributed by atoms with Gasteiger partial charge in [0.2, 0.25) is 0 Å². The number of rotatable bonds is 3. The summed E-state index contributed by atoms with van der Waals surface area (Å²) in [4.78, 5) is 13.4. The van der Waals surface area contributed by atoms with Gasteiger partial charge in [0.25, 0.3) is 5.91 Å². The third kappa shape index (κ3) is 3.80. The van der Waals surface area contributed by atoms with E-state index in [1.54, 1.807) is 11.4 Å². The molecule has 19 heavy (non-hydrogen) atoms. The van der Waals surface area contributed by atoms with E-state index in [2.05, 4.69) is 10.2 Å². The summed E-state index contributed by atoms with van der Waals surface area (Å²) in [6.45, 7) is 0.393. The third-order valence-corrected chi connectivity index (χ3v) is 2.76. The Morgan fingerprint density at radius 2 is 1.95 bits per heavy atom. The third-order valence-electron chi connectivity index (χ3n) is 2.76. The quantitative estimate of drug-likeness (QED) is 0.904. The molecule has 0 radical (unpaired) electrons. The first-order valence-electron chi connectivity index (χ1n) is 5.89. The predicted molar refractivity (Wildman–Crippen MR) is 61.9 cm³/mol. The molecule has 1 aliphatic heterocycles. The molecule has 0 spiro atoms. The summed E-state index contributed by atoms with van der Waals surface area (Å²) in [6, 6.07) is 2.98. The highest BCUT2D eigenvalue weighted by molar-refractivity contribution is 5.92. The molecular formula is C11H13F3N4O. The highest BCUT2D eigenvalue weighted by atomic mass is 19.4. The van der Waals surface area contributed by atoms with Crippen LogP contribution in [0.4, 0.5) is 19.0 Å². The van der Waals surface area contributed by atoms with Crippen LogP contribution in [0.1, 0.15) is 23.3 Å². The van der Waals surface area contributed by atoms with Crippen molar-refractivity contribution in [3.63, 3.8) is 0 Å². The maximum Gasteiger partial charge on any atom is 0.405 e. The summed E-state index contributed by atoms with van der Waals surface area (Å²) < 4.78 is 35.8. The number of carbonyl (C=O) groups excluding carboxylic acids is 1. The molecule has 0 unspecified atom stereocenters. The minimum absolute atomic E-state index is 0.118. The van der Waals surface area contributed by atoms with Crippen molar-refractivity contribution in [2.75, 3.05) is 24.5 Å². The van der Waals surface area contributed by atoms with Gasteiger partial charge < -0.3 is 10.2 Å². The lowest BCUT2D eigenvalue weighted by Crippen LogP contribution is -2.34. The second-order valence-electron chi connectivity index (χ2n) is 4.27. The topological polar surface area (TPSA) is 58.1 Å². The van der Waals surface area contributed by atoms with E-state index in [0.717, 1.165) is 25.9 Å². The first-order chi connectivity index (χ1) is 8.96. The van der Waals surface area contributed by atoms with E-state index in [-0.39, 0.29) is 5.69 Å². The molecule has 1 amide bonds. The summed E-state index contributed by atoms with van der Waals surface area (Å²) >= 11 is 0. The van der Waals surface area contributed by atoms with Gasteiger partial charge in [-0.2, -0.15) is 13.2 Å². The fraction of sp³-hybridized carbons (Fsp3) is 0.545. The molecule has 2 rings (SSSR count). The zero-order valence-electron chi connectivity index (χ0n) is 10.1. The van der Waals surface area contributed by atoms with Crippen molar-refractivity contribution in [3.05, 3.63) is 17.8 Å². The smallest absolute Gasteiger partial charge is 0.355 e. The van der Waals surface area contributed by atoms with Crippen molar-refractivity contribution in [2.24, 2.45) is 0 Å². The van der Waals surface area contributed by atoms with Crippen molar-refractivity contribution in [1.29, 1.82) is 0 Å². The van der Waals surface area contributed by atoms with E-state index in [1.807, 2.05) is 4.90 Å². The summed E-state index contributed by atoms with van der Waals surface area (Å²) in [5.74, 6) is -0.234. The number of amides is 1. The Bertz CT molecular complexity index is 440.